The van der Waals surface area contributed by atoms with E-state index in [-0.39, 0.29) is 12.1 Å². The van der Waals surface area contributed by atoms with Crippen molar-refractivity contribution in [2.24, 2.45) is 0 Å². The van der Waals surface area contributed by atoms with E-state index < -0.39 is 0 Å². The van der Waals surface area contributed by atoms with Crippen molar-refractivity contribution in [3.05, 3.63) is 12.7 Å². The van der Waals surface area contributed by atoms with Crippen molar-refractivity contribution in [3.8, 4) is 0 Å². The van der Waals surface area contributed by atoms with Crippen LogP contribution in [0.25, 0.3) is 0 Å². The van der Waals surface area contributed by atoms with Crippen molar-refractivity contribution < 1.29 is 14.4 Å². The van der Waals surface area contributed by atoms with Gasteiger partial charge in [0.15, 0.2) is 0 Å². The van der Waals surface area contributed by atoms with Crippen LogP contribution in [-0.2, 0) is 14.4 Å². The minimum atomic E-state index is -0.0184. The zero-order chi connectivity index (χ0) is 21.7. The van der Waals surface area contributed by atoms with E-state index in [1.54, 1.807) is 6.08 Å². The van der Waals surface area contributed by atoms with Crippen molar-refractivity contribution in [2.45, 2.75) is 129 Å². The lowest BCUT2D eigenvalue weighted by Gasteiger charge is -2.30. The molecule has 1 aliphatic heterocycles. The third-order valence-corrected chi connectivity index (χ3v) is 6.06. The van der Waals surface area contributed by atoms with Crippen molar-refractivity contribution in [1.29, 1.82) is 0 Å². The molecule has 1 aliphatic rings. The molecular weight excluding hydrogens is 374 g/mol. The average molecular weight is 424 g/mol. The lowest BCUT2D eigenvalue weighted by atomic mass is 10.0. The van der Waals surface area contributed by atoms with Gasteiger partial charge in [0, 0.05) is 19.5 Å². The fourth-order valence-electron chi connectivity index (χ4n) is 4.12. The number of ether oxygens (including phenoxy) is 1. The number of carbonyl (C=O) groups is 1. The van der Waals surface area contributed by atoms with Crippen LogP contribution in [0.2, 0.25) is 0 Å². The molecule has 0 amide bonds. The molecule has 30 heavy (non-hydrogen) atoms. The van der Waals surface area contributed by atoms with Crippen molar-refractivity contribution in [1.82, 2.24) is 5.06 Å². The number of carbonyl (C=O) groups excluding carboxylic acids is 1. The molecule has 0 saturated carbocycles. The molecule has 0 radical (unpaired) electrons. The fraction of sp³-hybridized carbons (Fsp3) is 0.885. The molecule has 1 rings (SSSR count). The van der Waals surface area contributed by atoms with E-state index in [1.807, 2.05) is 5.06 Å². The fourth-order valence-corrected chi connectivity index (χ4v) is 4.12. The highest BCUT2D eigenvalue weighted by atomic mass is 16.7. The van der Waals surface area contributed by atoms with Gasteiger partial charge in [0.05, 0.1) is 6.61 Å². The van der Waals surface area contributed by atoms with Crippen LogP contribution in [0.3, 0.4) is 0 Å². The molecule has 176 valence electrons. The van der Waals surface area contributed by atoms with Crippen LogP contribution in [0, 0.1) is 0 Å². The van der Waals surface area contributed by atoms with Gasteiger partial charge in [-0.05, 0) is 19.3 Å². The second-order valence-corrected chi connectivity index (χ2v) is 8.90. The Morgan fingerprint density at radius 3 is 1.77 bits per heavy atom. The first-order chi connectivity index (χ1) is 14.8. The number of nitrogens with zero attached hydrogens (tertiary/aromatic N) is 1. The average Bonchev–Trinajstić information content (AvgIpc) is 2.76. The molecule has 0 aliphatic carbocycles. The van der Waals surface area contributed by atoms with Gasteiger partial charge in [-0.25, -0.2) is 0 Å². The molecular formula is C26H49NO3. The largest absolute Gasteiger partial charge is 0.462 e. The second kappa shape index (κ2) is 20.1. The number of hydrogen-bond acceptors (Lipinski definition) is 4. The third-order valence-electron chi connectivity index (χ3n) is 6.06. The summed E-state index contributed by atoms with van der Waals surface area (Å²) < 4.78 is 5.62. The quantitative estimate of drug-likeness (QED) is 0.116. The van der Waals surface area contributed by atoms with Gasteiger partial charge in [0.1, 0.15) is 6.10 Å². The standard InChI is InChI=1S/C26H49NO3/c1-3-5-6-7-8-9-10-11-12-13-14-15-16-17-18-19-26(28)30-25-20-22-27(23-21-25)29-24-4-2/h4,25H,2-3,5-24H2,1H3. The molecule has 0 atom stereocenters. The van der Waals surface area contributed by atoms with E-state index in [0.29, 0.717) is 13.0 Å². The van der Waals surface area contributed by atoms with Crippen molar-refractivity contribution in [2.75, 3.05) is 19.7 Å². The molecule has 0 bridgehead atoms. The van der Waals surface area contributed by atoms with Crippen LogP contribution in [0.5, 0.6) is 0 Å². The first-order valence-corrected chi connectivity index (χ1v) is 12.9. The summed E-state index contributed by atoms with van der Waals surface area (Å²) in [6.07, 6.45) is 24.3. The number of esters is 1. The Bertz CT molecular complexity index is 405. The van der Waals surface area contributed by atoms with E-state index >= 15 is 0 Å². The number of piperidine rings is 1. The van der Waals surface area contributed by atoms with E-state index in [2.05, 4.69) is 13.5 Å². The van der Waals surface area contributed by atoms with Crippen molar-refractivity contribution in [3.63, 3.8) is 0 Å². The Hall–Kier alpha value is -0.870. The first kappa shape index (κ1) is 27.2. The van der Waals surface area contributed by atoms with Gasteiger partial charge >= 0.3 is 5.97 Å². The maximum absolute atomic E-state index is 12.0. The minimum Gasteiger partial charge on any atom is -0.462 e. The Labute approximate surface area is 186 Å². The first-order valence-electron chi connectivity index (χ1n) is 12.9. The van der Waals surface area contributed by atoms with E-state index in [4.69, 9.17) is 9.57 Å². The minimum absolute atomic E-state index is 0.0184. The number of unbranched alkanes of at least 4 members (excludes halogenated alkanes) is 14. The molecule has 1 saturated heterocycles. The normalized spacial score (nSPS) is 15.4. The molecule has 0 N–H and O–H groups in total. The molecule has 0 unspecified atom stereocenters. The Morgan fingerprint density at radius 1 is 0.833 bits per heavy atom. The van der Waals surface area contributed by atoms with Crippen LogP contribution in [-0.4, -0.2) is 36.8 Å². The molecule has 1 fully saturated rings. The smallest absolute Gasteiger partial charge is 0.306 e. The highest BCUT2D eigenvalue weighted by Crippen LogP contribution is 2.16. The molecule has 1 heterocycles. The highest BCUT2D eigenvalue weighted by Gasteiger charge is 2.22. The molecule has 4 heteroatoms. The predicted molar refractivity (Wildman–Crippen MR) is 126 cm³/mol. The lowest BCUT2D eigenvalue weighted by molar-refractivity contribution is -0.180. The SMILES string of the molecule is C=CCON1CCC(OC(=O)CCCCCCCCCCCCCCCCC)CC1. The van der Waals surface area contributed by atoms with Gasteiger partial charge in [-0.2, -0.15) is 5.06 Å². The van der Waals surface area contributed by atoms with Crippen molar-refractivity contribution >= 4 is 5.97 Å². The lowest BCUT2D eigenvalue weighted by Crippen LogP contribution is -2.37. The Balaban J connectivity index is 1.80. The number of hydroxylamine groups is 2. The van der Waals surface area contributed by atoms with Gasteiger partial charge in [-0.15, -0.1) is 6.58 Å². The molecule has 0 aromatic heterocycles. The van der Waals surface area contributed by atoms with Gasteiger partial charge in [0.2, 0.25) is 0 Å². The summed E-state index contributed by atoms with van der Waals surface area (Å²) in [4.78, 5) is 17.5. The topological polar surface area (TPSA) is 38.8 Å². The summed E-state index contributed by atoms with van der Waals surface area (Å²) in [5.74, 6) is -0.0184. The summed E-state index contributed by atoms with van der Waals surface area (Å²) >= 11 is 0. The monoisotopic (exact) mass is 423 g/mol. The summed E-state index contributed by atoms with van der Waals surface area (Å²) in [6.45, 7) is 8.13. The Morgan fingerprint density at radius 2 is 1.30 bits per heavy atom. The third kappa shape index (κ3) is 15.9. The van der Waals surface area contributed by atoms with Gasteiger partial charge in [0.25, 0.3) is 0 Å². The maximum Gasteiger partial charge on any atom is 0.306 e. The summed E-state index contributed by atoms with van der Waals surface area (Å²) in [6, 6.07) is 0. The molecule has 4 nitrogen and oxygen atoms in total. The summed E-state index contributed by atoms with van der Waals surface area (Å²) in [5.41, 5.74) is 0. The van der Waals surface area contributed by atoms with E-state index in [9.17, 15) is 4.79 Å². The molecule has 0 spiro atoms. The number of hydrogen-bond donors (Lipinski definition) is 0. The van der Waals surface area contributed by atoms with Gasteiger partial charge < -0.3 is 4.74 Å². The number of rotatable bonds is 20. The van der Waals surface area contributed by atoms with Gasteiger partial charge in [-0.1, -0.05) is 103 Å². The summed E-state index contributed by atoms with van der Waals surface area (Å²) in [5, 5.41) is 1.95. The predicted octanol–water partition coefficient (Wildman–Crippen LogP) is 7.37. The zero-order valence-electron chi connectivity index (χ0n) is 19.9. The zero-order valence-corrected chi connectivity index (χ0v) is 19.9. The second-order valence-electron chi connectivity index (χ2n) is 8.90. The van der Waals surface area contributed by atoms with E-state index in [0.717, 1.165) is 38.8 Å². The van der Waals surface area contributed by atoms with Crippen LogP contribution in [0.4, 0.5) is 0 Å². The molecule has 0 aromatic carbocycles. The van der Waals surface area contributed by atoms with Crippen LogP contribution in [0.1, 0.15) is 122 Å². The molecule has 0 aromatic rings. The van der Waals surface area contributed by atoms with E-state index in [1.165, 1.54) is 83.5 Å². The van der Waals surface area contributed by atoms with Crippen LogP contribution >= 0.6 is 0 Å². The highest BCUT2D eigenvalue weighted by molar-refractivity contribution is 5.69. The summed E-state index contributed by atoms with van der Waals surface area (Å²) in [7, 11) is 0. The Kier molecular flexibility index (Phi) is 18.2. The van der Waals surface area contributed by atoms with Crippen LogP contribution in [0.15, 0.2) is 12.7 Å². The van der Waals surface area contributed by atoms with Gasteiger partial charge in [-0.3, -0.25) is 9.63 Å². The maximum atomic E-state index is 12.0. The van der Waals surface area contributed by atoms with Crippen LogP contribution < -0.4 is 0 Å².